The van der Waals surface area contributed by atoms with Gasteiger partial charge in [-0.2, -0.15) is 4.31 Å². The monoisotopic (exact) mass is 262 g/mol. The van der Waals surface area contributed by atoms with Gasteiger partial charge in [0.25, 0.3) is 0 Å². The Balaban J connectivity index is 2.72. The van der Waals surface area contributed by atoms with Gasteiger partial charge < -0.3 is 5.32 Å². The van der Waals surface area contributed by atoms with Gasteiger partial charge in [-0.1, -0.05) is 13.8 Å². The predicted molar refractivity (Wildman–Crippen MR) is 71.5 cm³/mol. The molecule has 0 saturated carbocycles. The maximum absolute atomic E-state index is 12.3. The van der Waals surface area contributed by atoms with Gasteiger partial charge in [0.05, 0.1) is 5.25 Å². The molecule has 17 heavy (non-hydrogen) atoms. The van der Waals surface area contributed by atoms with Crippen molar-refractivity contribution in [2.24, 2.45) is 5.92 Å². The van der Waals surface area contributed by atoms with E-state index in [1.54, 1.807) is 18.2 Å². The molecule has 0 radical (unpaired) electrons. The highest BCUT2D eigenvalue weighted by Crippen LogP contribution is 2.15. The summed E-state index contributed by atoms with van der Waals surface area (Å²) in [6.07, 6.45) is 2.24. The lowest BCUT2D eigenvalue weighted by molar-refractivity contribution is 0.334. The molecule has 1 fully saturated rings. The Kier molecular flexibility index (Phi) is 5.41. The smallest absolute Gasteiger partial charge is 0.216 e. The average molecular weight is 262 g/mol. The number of hydrogen-bond donors (Lipinski definition) is 1. The first kappa shape index (κ1) is 14.9. The van der Waals surface area contributed by atoms with Crippen LogP contribution >= 0.6 is 0 Å². The second-order valence-electron chi connectivity index (χ2n) is 5.60. The summed E-state index contributed by atoms with van der Waals surface area (Å²) in [6, 6.07) is 0.335. The van der Waals surface area contributed by atoms with Crippen LogP contribution in [0.25, 0.3) is 0 Å². The molecular weight excluding hydrogens is 236 g/mol. The van der Waals surface area contributed by atoms with E-state index in [2.05, 4.69) is 19.2 Å². The lowest BCUT2D eigenvalue weighted by Crippen LogP contribution is -2.45. The Morgan fingerprint density at radius 2 is 1.94 bits per heavy atom. The summed E-state index contributed by atoms with van der Waals surface area (Å²) in [4.78, 5) is 0. The first-order chi connectivity index (χ1) is 7.84. The molecule has 0 aromatic heterocycles. The largest absolute Gasteiger partial charge is 0.313 e. The van der Waals surface area contributed by atoms with Gasteiger partial charge in [-0.15, -0.1) is 0 Å². The number of nitrogens with one attached hydrogen (secondary N) is 1. The van der Waals surface area contributed by atoms with Crippen molar-refractivity contribution < 1.29 is 8.42 Å². The third kappa shape index (κ3) is 4.23. The first-order valence-corrected chi connectivity index (χ1v) is 8.06. The highest BCUT2D eigenvalue weighted by molar-refractivity contribution is 7.89. The predicted octanol–water partition coefficient (Wildman–Crippen LogP) is 1.43. The van der Waals surface area contributed by atoms with Crippen molar-refractivity contribution in [2.45, 2.75) is 51.8 Å². The molecule has 102 valence electrons. The van der Waals surface area contributed by atoms with Gasteiger partial charge in [0.1, 0.15) is 0 Å². The summed E-state index contributed by atoms with van der Waals surface area (Å²) in [5, 5.41) is 3.03. The van der Waals surface area contributed by atoms with Gasteiger partial charge in [0.2, 0.25) is 10.0 Å². The molecule has 1 aliphatic rings. The summed E-state index contributed by atoms with van der Waals surface area (Å²) in [7, 11) is -3.13. The van der Waals surface area contributed by atoms with Gasteiger partial charge in [-0.05, 0) is 39.2 Å². The zero-order valence-corrected chi connectivity index (χ0v) is 12.3. The van der Waals surface area contributed by atoms with Crippen molar-refractivity contribution in [2.75, 3.05) is 19.6 Å². The van der Waals surface area contributed by atoms with Crippen LogP contribution in [0.1, 0.15) is 40.5 Å². The van der Waals surface area contributed by atoms with E-state index in [-0.39, 0.29) is 5.25 Å². The minimum Gasteiger partial charge on any atom is -0.313 e. The zero-order chi connectivity index (χ0) is 13.1. The van der Waals surface area contributed by atoms with E-state index in [0.29, 0.717) is 25.0 Å². The standard InChI is InChI=1S/C12H26N2O2S/c1-10(2)8-14(17(15,16)11(3)4)9-12-6-5-7-13-12/h10-13H,5-9H2,1-4H3. The lowest BCUT2D eigenvalue weighted by atomic mass is 10.2. The fourth-order valence-corrected chi connectivity index (χ4v) is 3.64. The zero-order valence-electron chi connectivity index (χ0n) is 11.4. The normalized spacial score (nSPS) is 21.9. The summed E-state index contributed by atoms with van der Waals surface area (Å²) in [5.41, 5.74) is 0. The maximum Gasteiger partial charge on any atom is 0.216 e. The van der Waals surface area contributed by atoms with Crippen molar-refractivity contribution in [3.8, 4) is 0 Å². The van der Waals surface area contributed by atoms with Crippen LogP contribution < -0.4 is 5.32 Å². The highest BCUT2D eigenvalue weighted by atomic mass is 32.2. The van der Waals surface area contributed by atoms with E-state index in [4.69, 9.17) is 0 Å². The quantitative estimate of drug-likeness (QED) is 0.788. The molecular formula is C12H26N2O2S. The Hall–Kier alpha value is -0.130. The molecule has 0 aromatic rings. The topological polar surface area (TPSA) is 49.4 Å². The van der Waals surface area contributed by atoms with E-state index in [1.165, 1.54) is 0 Å². The van der Waals surface area contributed by atoms with Crippen LogP contribution in [0.3, 0.4) is 0 Å². The van der Waals surface area contributed by atoms with Crippen LogP contribution in [-0.4, -0.2) is 43.6 Å². The van der Waals surface area contributed by atoms with Crippen LogP contribution in [-0.2, 0) is 10.0 Å². The third-order valence-corrected chi connectivity index (χ3v) is 5.32. The van der Waals surface area contributed by atoms with E-state index < -0.39 is 10.0 Å². The number of rotatable bonds is 6. The van der Waals surface area contributed by atoms with E-state index >= 15 is 0 Å². The van der Waals surface area contributed by atoms with Crippen molar-refractivity contribution >= 4 is 10.0 Å². The average Bonchev–Trinajstić information content (AvgIpc) is 2.68. The molecule has 0 aromatic carbocycles. The Bertz CT molecular complexity index is 319. The molecule has 5 heteroatoms. The molecule has 1 aliphatic heterocycles. The molecule has 0 amide bonds. The number of hydrogen-bond acceptors (Lipinski definition) is 3. The summed E-state index contributed by atoms with van der Waals surface area (Å²) in [6.45, 7) is 9.89. The van der Waals surface area contributed by atoms with Crippen molar-refractivity contribution in [1.82, 2.24) is 9.62 Å². The molecule has 1 atom stereocenters. The van der Waals surface area contributed by atoms with Gasteiger partial charge in [0.15, 0.2) is 0 Å². The molecule has 1 saturated heterocycles. The van der Waals surface area contributed by atoms with E-state index in [9.17, 15) is 8.42 Å². The Morgan fingerprint density at radius 3 is 2.35 bits per heavy atom. The molecule has 0 spiro atoms. The Morgan fingerprint density at radius 1 is 1.29 bits per heavy atom. The Labute approximate surface area is 106 Å². The lowest BCUT2D eigenvalue weighted by Gasteiger charge is -2.28. The van der Waals surface area contributed by atoms with Crippen LogP contribution in [0.5, 0.6) is 0 Å². The van der Waals surface area contributed by atoms with Crippen molar-refractivity contribution in [3.05, 3.63) is 0 Å². The molecule has 0 aliphatic carbocycles. The van der Waals surface area contributed by atoms with Crippen LogP contribution in [0.2, 0.25) is 0 Å². The third-order valence-electron chi connectivity index (χ3n) is 3.11. The van der Waals surface area contributed by atoms with E-state index in [1.807, 2.05) is 0 Å². The van der Waals surface area contributed by atoms with Gasteiger partial charge in [0, 0.05) is 19.1 Å². The maximum atomic E-state index is 12.3. The molecule has 1 N–H and O–H groups in total. The SMILES string of the molecule is CC(C)CN(CC1CCCN1)S(=O)(=O)C(C)C. The van der Waals surface area contributed by atoms with Crippen molar-refractivity contribution in [1.29, 1.82) is 0 Å². The van der Waals surface area contributed by atoms with Gasteiger partial charge in [-0.3, -0.25) is 0 Å². The molecule has 1 heterocycles. The minimum absolute atomic E-state index is 0.331. The summed E-state index contributed by atoms with van der Waals surface area (Å²) < 4.78 is 26.2. The molecule has 1 rings (SSSR count). The fraction of sp³-hybridized carbons (Fsp3) is 1.00. The first-order valence-electron chi connectivity index (χ1n) is 6.56. The highest BCUT2D eigenvalue weighted by Gasteiger charge is 2.29. The molecule has 4 nitrogen and oxygen atoms in total. The number of nitrogens with zero attached hydrogens (tertiary/aromatic N) is 1. The second-order valence-corrected chi connectivity index (χ2v) is 8.09. The molecule has 1 unspecified atom stereocenters. The second kappa shape index (κ2) is 6.16. The van der Waals surface area contributed by atoms with Crippen LogP contribution in [0.4, 0.5) is 0 Å². The van der Waals surface area contributed by atoms with Gasteiger partial charge in [-0.25, -0.2) is 8.42 Å². The summed E-state index contributed by atoms with van der Waals surface area (Å²) >= 11 is 0. The fourth-order valence-electron chi connectivity index (χ4n) is 2.15. The molecule has 0 bridgehead atoms. The summed E-state index contributed by atoms with van der Waals surface area (Å²) in [5.74, 6) is 0.366. The minimum atomic E-state index is -3.13. The van der Waals surface area contributed by atoms with E-state index in [0.717, 1.165) is 19.4 Å². The van der Waals surface area contributed by atoms with Crippen LogP contribution in [0, 0.1) is 5.92 Å². The van der Waals surface area contributed by atoms with Crippen LogP contribution in [0.15, 0.2) is 0 Å². The van der Waals surface area contributed by atoms with Gasteiger partial charge >= 0.3 is 0 Å². The number of sulfonamides is 1. The van der Waals surface area contributed by atoms with Crippen molar-refractivity contribution in [3.63, 3.8) is 0 Å².